The standard InChI is InChI=1S/C8H13N3S/c1-4-12-6-5-8-9-7(2)11(3)10-8/h5-6H,4H2,1-3H3. The van der Waals surface area contributed by atoms with E-state index in [4.69, 9.17) is 0 Å². The second-order valence-electron chi connectivity index (χ2n) is 2.40. The van der Waals surface area contributed by atoms with Crippen LogP contribution in [0.3, 0.4) is 0 Å². The summed E-state index contributed by atoms with van der Waals surface area (Å²) >= 11 is 1.75. The fourth-order valence-electron chi connectivity index (χ4n) is 0.762. The van der Waals surface area contributed by atoms with Crippen LogP contribution in [-0.4, -0.2) is 20.5 Å². The second kappa shape index (κ2) is 4.30. The highest BCUT2D eigenvalue weighted by Gasteiger charge is 1.97. The van der Waals surface area contributed by atoms with Crippen LogP contribution in [0.4, 0.5) is 0 Å². The van der Waals surface area contributed by atoms with Gasteiger partial charge in [-0.05, 0) is 24.2 Å². The van der Waals surface area contributed by atoms with Crippen LogP contribution < -0.4 is 0 Å². The molecule has 1 rings (SSSR count). The molecule has 0 fully saturated rings. The van der Waals surface area contributed by atoms with Crippen molar-refractivity contribution in [1.29, 1.82) is 0 Å². The topological polar surface area (TPSA) is 30.7 Å². The lowest BCUT2D eigenvalue weighted by Crippen LogP contribution is -1.92. The van der Waals surface area contributed by atoms with Crippen LogP contribution in [0.1, 0.15) is 18.6 Å². The zero-order valence-corrected chi connectivity index (χ0v) is 8.43. The first-order valence-electron chi connectivity index (χ1n) is 3.90. The fraction of sp³-hybridized carbons (Fsp3) is 0.500. The Morgan fingerprint density at radius 3 is 2.83 bits per heavy atom. The number of rotatable bonds is 3. The molecule has 66 valence electrons. The summed E-state index contributed by atoms with van der Waals surface area (Å²) in [7, 11) is 1.90. The van der Waals surface area contributed by atoms with Crippen molar-refractivity contribution in [2.75, 3.05) is 5.75 Å². The Morgan fingerprint density at radius 2 is 2.33 bits per heavy atom. The van der Waals surface area contributed by atoms with E-state index in [0.717, 1.165) is 17.4 Å². The van der Waals surface area contributed by atoms with E-state index < -0.39 is 0 Å². The molecule has 0 N–H and O–H groups in total. The van der Waals surface area contributed by atoms with Gasteiger partial charge in [-0.3, -0.25) is 4.68 Å². The van der Waals surface area contributed by atoms with E-state index in [1.54, 1.807) is 16.4 Å². The Labute approximate surface area is 76.9 Å². The molecule has 0 aliphatic rings. The third kappa shape index (κ3) is 2.37. The summed E-state index contributed by atoms with van der Waals surface area (Å²) in [4.78, 5) is 4.23. The highest BCUT2D eigenvalue weighted by atomic mass is 32.2. The third-order valence-corrected chi connectivity index (χ3v) is 2.14. The number of hydrogen-bond acceptors (Lipinski definition) is 3. The van der Waals surface area contributed by atoms with Crippen LogP contribution in [0, 0.1) is 6.92 Å². The van der Waals surface area contributed by atoms with E-state index >= 15 is 0 Å². The van der Waals surface area contributed by atoms with Gasteiger partial charge in [0.05, 0.1) is 0 Å². The van der Waals surface area contributed by atoms with E-state index in [9.17, 15) is 0 Å². The van der Waals surface area contributed by atoms with Gasteiger partial charge in [0.2, 0.25) is 0 Å². The summed E-state index contributed by atoms with van der Waals surface area (Å²) < 4.78 is 1.77. The molecule has 0 radical (unpaired) electrons. The lowest BCUT2D eigenvalue weighted by Gasteiger charge is -1.85. The summed E-state index contributed by atoms with van der Waals surface area (Å²) in [6.07, 6.45) is 1.93. The molecule has 0 saturated heterocycles. The van der Waals surface area contributed by atoms with Gasteiger partial charge in [0.25, 0.3) is 0 Å². The summed E-state index contributed by atoms with van der Waals surface area (Å²) in [5.74, 6) is 2.81. The van der Waals surface area contributed by atoms with Crippen LogP contribution in [-0.2, 0) is 7.05 Å². The molecular formula is C8H13N3S. The Bertz CT molecular complexity index is 258. The maximum Gasteiger partial charge on any atom is 0.174 e. The molecule has 1 aromatic rings. The first-order chi connectivity index (χ1) is 5.74. The maximum absolute atomic E-state index is 4.23. The average molecular weight is 183 g/mol. The lowest BCUT2D eigenvalue weighted by atomic mass is 10.6. The van der Waals surface area contributed by atoms with Crippen LogP contribution in [0.15, 0.2) is 5.41 Å². The minimum Gasteiger partial charge on any atom is -0.253 e. The van der Waals surface area contributed by atoms with Crippen molar-refractivity contribution in [1.82, 2.24) is 14.8 Å². The Balaban J connectivity index is 2.64. The third-order valence-electron chi connectivity index (χ3n) is 1.48. The monoisotopic (exact) mass is 183 g/mol. The van der Waals surface area contributed by atoms with Crippen molar-refractivity contribution >= 4 is 17.8 Å². The second-order valence-corrected chi connectivity index (χ2v) is 3.58. The molecular weight excluding hydrogens is 170 g/mol. The number of aromatic nitrogens is 3. The van der Waals surface area contributed by atoms with Gasteiger partial charge in [-0.15, -0.1) is 11.8 Å². The van der Waals surface area contributed by atoms with Gasteiger partial charge in [-0.25, -0.2) is 4.98 Å². The van der Waals surface area contributed by atoms with Gasteiger partial charge in [0, 0.05) is 7.05 Å². The molecule has 0 spiro atoms. The molecule has 0 bridgehead atoms. The quantitative estimate of drug-likeness (QED) is 0.716. The smallest absolute Gasteiger partial charge is 0.174 e. The molecule has 0 aliphatic heterocycles. The van der Waals surface area contributed by atoms with Crippen molar-refractivity contribution in [2.45, 2.75) is 13.8 Å². The highest BCUT2D eigenvalue weighted by Crippen LogP contribution is 2.04. The summed E-state index contributed by atoms with van der Waals surface area (Å²) in [6.45, 7) is 4.06. The SMILES string of the molecule is CCSC=Cc1nc(C)n(C)n1. The normalized spacial score (nSPS) is 11.2. The summed E-state index contributed by atoms with van der Waals surface area (Å²) in [5, 5.41) is 6.21. The van der Waals surface area contributed by atoms with E-state index in [1.807, 2.05) is 25.5 Å². The van der Waals surface area contributed by atoms with Crippen molar-refractivity contribution in [3.63, 3.8) is 0 Å². The fourth-order valence-corrected chi connectivity index (χ4v) is 1.17. The summed E-state index contributed by atoms with van der Waals surface area (Å²) in [6, 6.07) is 0. The number of hydrogen-bond donors (Lipinski definition) is 0. The molecule has 0 saturated carbocycles. The molecule has 12 heavy (non-hydrogen) atoms. The molecule has 4 heteroatoms. The van der Waals surface area contributed by atoms with E-state index in [2.05, 4.69) is 17.0 Å². The largest absolute Gasteiger partial charge is 0.253 e. The van der Waals surface area contributed by atoms with E-state index in [1.165, 1.54) is 0 Å². The lowest BCUT2D eigenvalue weighted by molar-refractivity contribution is 0.733. The van der Waals surface area contributed by atoms with Crippen LogP contribution in [0.25, 0.3) is 6.08 Å². The predicted octanol–water partition coefficient (Wildman–Crippen LogP) is 1.85. The van der Waals surface area contributed by atoms with E-state index in [-0.39, 0.29) is 0 Å². The van der Waals surface area contributed by atoms with Crippen LogP contribution in [0.2, 0.25) is 0 Å². The molecule has 0 atom stereocenters. The first kappa shape index (κ1) is 9.32. The van der Waals surface area contributed by atoms with Gasteiger partial charge in [-0.2, -0.15) is 5.10 Å². The van der Waals surface area contributed by atoms with Crippen molar-refractivity contribution in [2.24, 2.45) is 7.05 Å². The van der Waals surface area contributed by atoms with Crippen molar-refractivity contribution < 1.29 is 0 Å². The van der Waals surface area contributed by atoms with Crippen LogP contribution >= 0.6 is 11.8 Å². The summed E-state index contributed by atoms with van der Waals surface area (Å²) in [5.41, 5.74) is 0. The molecule has 1 heterocycles. The molecule has 3 nitrogen and oxygen atoms in total. The van der Waals surface area contributed by atoms with Crippen molar-refractivity contribution in [3.8, 4) is 0 Å². The minimum absolute atomic E-state index is 0.788. The number of aryl methyl sites for hydroxylation is 2. The highest BCUT2D eigenvalue weighted by molar-refractivity contribution is 8.02. The zero-order chi connectivity index (χ0) is 8.97. The molecule has 0 aromatic carbocycles. The van der Waals surface area contributed by atoms with Gasteiger partial charge >= 0.3 is 0 Å². The average Bonchev–Trinajstić information content (AvgIpc) is 2.32. The molecule has 0 unspecified atom stereocenters. The van der Waals surface area contributed by atoms with Gasteiger partial charge < -0.3 is 0 Å². The minimum atomic E-state index is 0.788. The van der Waals surface area contributed by atoms with Crippen molar-refractivity contribution in [3.05, 3.63) is 17.1 Å². The Kier molecular flexibility index (Phi) is 3.34. The zero-order valence-electron chi connectivity index (χ0n) is 7.61. The Morgan fingerprint density at radius 1 is 1.58 bits per heavy atom. The molecule has 1 aromatic heterocycles. The van der Waals surface area contributed by atoms with E-state index in [0.29, 0.717) is 0 Å². The Hall–Kier alpha value is -0.770. The molecule has 0 amide bonds. The first-order valence-corrected chi connectivity index (χ1v) is 4.94. The number of thioether (sulfide) groups is 1. The van der Waals surface area contributed by atoms with Gasteiger partial charge in [0.1, 0.15) is 5.82 Å². The van der Waals surface area contributed by atoms with Crippen LogP contribution in [0.5, 0.6) is 0 Å². The maximum atomic E-state index is 4.23. The van der Waals surface area contributed by atoms with Gasteiger partial charge in [0.15, 0.2) is 5.82 Å². The predicted molar refractivity (Wildman–Crippen MR) is 52.9 cm³/mol. The van der Waals surface area contributed by atoms with Gasteiger partial charge in [-0.1, -0.05) is 6.92 Å². The molecule has 0 aliphatic carbocycles. The number of nitrogens with zero attached hydrogens (tertiary/aromatic N) is 3.